The van der Waals surface area contributed by atoms with Crippen molar-refractivity contribution in [1.29, 1.82) is 0 Å². The van der Waals surface area contributed by atoms with Gasteiger partial charge in [-0.15, -0.1) is 11.3 Å². The number of fused-ring (bicyclic) bond motifs is 4. The molecule has 7 aromatic carbocycles. The number of rotatable bonds is 4. The van der Waals surface area contributed by atoms with Crippen LogP contribution in [0.1, 0.15) is 0 Å². The maximum absolute atomic E-state index is 13.3. The van der Waals surface area contributed by atoms with Crippen molar-refractivity contribution < 1.29 is 4.39 Å². The van der Waals surface area contributed by atoms with E-state index in [0.717, 1.165) is 16.7 Å². The van der Waals surface area contributed by atoms with Crippen LogP contribution in [0.3, 0.4) is 0 Å². The fraction of sp³-hybridized carbons (Fsp3) is 0. The smallest absolute Gasteiger partial charge is 0.123 e. The van der Waals surface area contributed by atoms with E-state index in [1.165, 1.54) is 70.9 Å². The maximum Gasteiger partial charge on any atom is 0.123 e. The van der Waals surface area contributed by atoms with E-state index in [9.17, 15) is 4.39 Å². The second kappa shape index (κ2) is 10.1. The molecule has 8 aromatic rings. The second-order valence-electron chi connectivity index (χ2n) is 10.7. The number of benzene rings is 7. The van der Waals surface area contributed by atoms with E-state index in [1.807, 2.05) is 23.5 Å². The van der Waals surface area contributed by atoms with Crippen LogP contribution in [0, 0.1) is 5.82 Å². The van der Waals surface area contributed by atoms with Gasteiger partial charge in [-0.2, -0.15) is 0 Å². The Hall–Kier alpha value is -5.05. The topological polar surface area (TPSA) is 0 Å². The molecule has 0 radical (unpaired) electrons. The predicted octanol–water partition coefficient (Wildman–Crippen LogP) is 12.0. The van der Waals surface area contributed by atoms with Crippen molar-refractivity contribution in [2.24, 2.45) is 0 Å². The molecule has 0 nitrogen and oxygen atoms in total. The summed E-state index contributed by atoms with van der Waals surface area (Å²) in [5.74, 6) is -0.216. The van der Waals surface area contributed by atoms with Crippen molar-refractivity contribution in [1.82, 2.24) is 0 Å². The van der Waals surface area contributed by atoms with E-state index < -0.39 is 0 Å². The Kier molecular flexibility index (Phi) is 5.94. The molecule has 0 N–H and O–H groups in total. The Morgan fingerprint density at radius 1 is 0.381 bits per heavy atom. The highest BCUT2D eigenvalue weighted by molar-refractivity contribution is 7.26. The molecule has 42 heavy (non-hydrogen) atoms. The molecule has 0 aliphatic carbocycles. The second-order valence-corrected chi connectivity index (χ2v) is 11.8. The largest absolute Gasteiger partial charge is 0.207 e. The van der Waals surface area contributed by atoms with Gasteiger partial charge < -0.3 is 0 Å². The lowest BCUT2D eigenvalue weighted by molar-refractivity contribution is 0.628. The van der Waals surface area contributed by atoms with Gasteiger partial charge in [0.25, 0.3) is 0 Å². The van der Waals surface area contributed by atoms with E-state index in [4.69, 9.17) is 0 Å². The van der Waals surface area contributed by atoms with Crippen LogP contribution in [0.2, 0.25) is 0 Å². The van der Waals surface area contributed by atoms with Gasteiger partial charge in [-0.1, -0.05) is 121 Å². The summed E-state index contributed by atoms with van der Waals surface area (Å²) in [4.78, 5) is 0. The quantitative estimate of drug-likeness (QED) is 0.202. The van der Waals surface area contributed by atoms with Crippen molar-refractivity contribution >= 4 is 42.3 Å². The highest BCUT2D eigenvalue weighted by atomic mass is 32.1. The first-order valence-corrected chi connectivity index (χ1v) is 14.9. The minimum atomic E-state index is -0.216. The van der Waals surface area contributed by atoms with Crippen LogP contribution in [0.25, 0.3) is 75.5 Å². The van der Waals surface area contributed by atoms with Gasteiger partial charge in [0, 0.05) is 20.2 Å². The summed E-state index contributed by atoms with van der Waals surface area (Å²) in [5, 5.41) is 5.09. The lowest BCUT2D eigenvalue weighted by Gasteiger charge is -2.09. The Balaban J connectivity index is 1.10. The van der Waals surface area contributed by atoms with Gasteiger partial charge >= 0.3 is 0 Å². The normalized spacial score (nSPS) is 11.5. The van der Waals surface area contributed by atoms with Crippen LogP contribution in [0.5, 0.6) is 0 Å². The highest BCUT2D eigenvalue weighted by Gasteiger charge is 2.11. The molecular formula is C40H25FS. The van der Waals surface area contributed by atoms with Gasteiger partial charge in [-0.3, -0.25) is 0 Å². The molecule has 1 aromatic heterocycles. The van der Waals surface area contributed by atoms with E-state index in [2.05, 4.69) is 127 Å². The lowest BCUT2D eigenvalue weighted by atomic mass is 9.95. The Morgan fingerprint density at radius 3 is 1.52 bits per heavy atom. The number of halogens is 1. The summed E-state index contributed by atoms with van der Waals surface area (Å²) >= 11 is 1.87. The van der Waals surface area contributed by atoms with Crippen molar-refractivity contribution in [3.8, 4) is 44.5 Å². The standard InChI is InChI=1S/C40H25FS/c41-35-22-20-27(21-23-35)26-8-10-28(11-9-26)32-18-14-30-15-19-33(25-34(30)24-32)29-12-16-31(17-13-29)36-5-3-6-38-37-4-1-2-7-39(37)42-40(36)38/h1-25H. The van der Waals surface area contributed by atoms with Crippen LogP contribution in [0.15, 0.2) is 152 Å². The molecule has 2 heteroatoms. The third kappa shape index (κ3) is 4.38. The summed E-state index contributed by atoms with van der Waals surface area (Å²) < 4.78 is 16.0. The first-order valence-electron chi connectivity index (χ1n) is 14.1. The summed E-state index contributed by atoms with van der Waals surface area (Å²) in [6.45, 7) is 0. The maximum atomic E-state index is 13.3. The van der Waals surface area contributed by atoms with Crippen molar-refractivity contribution in [3.63, 3.8) is 0 Å². The van der Waals surface area contributed by atoms with Gasteiger partial charge in [-0.05, 0) is 85.6 Å². The molecule has 1 heterocycles. The molecule has 0 spiro atoms. The van der Waals surface area contributed by atoms with Crippen LogP contribution in [-0.4, -0.2) is 0 Å². The fourth-order valence-electron chi connectivity index (χ4n) is 5.92. The van der Waals surface area contributed by atoms with Gasteiger partial charge in [-0.25, -0.2) is 4.39 Å². The van der Waals surface area contributed by atoms with Gasteiger partial charge in [0.15, 0.2) is 0 Å². The number of hydrogen-bond donors (Lipinski definition) is 0. The van der Waals surface area contributed by atoms with E-state index in [0.29, 0.717) is 0 Å². The zero-order valence-electron chi connectivity index (χ0n) is 22.7. The first-order chi connectivity index (χ1) is 20.7. The van der Waals surface area contributed by atoms with Crippen molar-refractivity contribution in [3.05, 3.63) is 157 Å². The zero-order chi connectivity index (χ0) is 28.0. The zero-order valence-corrected chi connectivity index (χ0v) is 23.5. The lowest BCUT2D eigenvalue weighted by Crippen LogP contribution is -1.84. The predicted molar refractivity (Wildman–Crippen MR) is 179 cm³/mol. The molecule has 0 fully saturated rings. The summed E-state index contributed by atoms with van der Waals surface area (Å²) in [6.07, 6.45) is 0. The molecule has 0 bridgehead atoms. The fourth-order valence-corrected chi connectivity index (χ4v) is 7.16. The molecular weight excluding hydrogens is 532 g/mol. The molecule has 0 aliphatic heterocycles. The van der Waals surface area contributed by atoms with Crippen LogP contribution in [-0.2, 0) is 0 Å². The van der Waals surface area contributed by atoms with Crippen molar-refractivity contribution in [2.75, 3.05) is 0 Å². The average Bonchev–Trinajstić information content (AvgIpc) is 3.44. The molecule has 0 amide bonds. The Morgan fingerprint density at radius 2 is 0.881 bits per heavy atom. The molecule has 0 unspecified atom stereocenters. The summed E-state index contributed by atoms with van der Waals surface area (Å²) in [5.41, 5.74) is 9.37. The van der Waals surface area contributed by atoms with E-state index in [-0.39, 0.29) is 5.82 Å². The minimum absolute atomic E-state index is 0.216. The molecule has 0 aliphatic rings. The first kappa shape index (κ1) is 24.7. The molecule has 0 saturated carbocycles. The molecule has 0 saturated heterocycles. The minimum Gasteiger partial charge on any atom is -0.207 e. The third-order valence-electron chi connectivity index (χ3n) is 8.17. The van der Waals surface area contributed by atoms with Crippen LogP contribution in [0.4, 0.5) is 4.39 Å². The highest BCUT2D eigenvalue weighted by Crippen LogP contribution is 2.40. The summed E-state index contributed by atoms with van der Waals surface area (Å²) in [6, 6.07) is 52.7. The Labute approximate surface area is 248 Å². The Bertz CT molecular complexity index is 2220. The van der Waals surface area contributed by atoms with E-state index in [1.54, 1.807) is 0 Å². The summed E-state index contributed by atoms with van der Waals surface area (Å²) in [7, 11) is 0. The third-order valence-corrected chi connectivity index (χ3v) is 9.39. The molecule has 198 valence electrons. The van der Waals surface area contributed by atoms with Crippen LogP contribution < -0.4 is 0 Å². The monoisotopic (exact) mass is 556 g/mol. The van der Waals surface area contributed by atoms with Crippen molar-refractivity contribution in [2.45, 2.75) is 0 Å². The van der Waals surface area contributed by atoms with Gasteiger partial charge in [0.2, 0.25) is 0 Å². The number of hydrogen-bond acceptors (Lipinski definition) is 1. The van der Waals surface area contributed by atoms with Crippen LogP contribution >= 0.6 is 11.3 Å². The molecule has 8 rings (SSSR count). The average molecular weight is 557 g/mol. The van der Waals surface area contributed by atoms with E-state index >= 15 is 0 Å². The van der Waals surface area contributed by atoms with Gasteiger partial charge in [0.1, 0.15) is 5.82 Å². The SMILES string of the molecule is Fc1ccc(-c2ccc(-c3ccc4ccc(-c5ccc(-c6cccc7c6sc6ccccc67)cc5)cc4c3)cc2)cc1. The van der Waals surface area contributed by atoms with Gasteiger partial charge in [0.05, 0.1) is 0 Å². The number of thiophene rings is 1. The molecule has 0 atom stereocenters.